The largest absolute Gasteiger partial charge is 0.474 e. The molecule has 0 N–H and O–H groups in total. The van der Waals surface area contributed by atoms with Crippen LogP contribution < -0.4 is 10.4 Å². The van der Waals surface area contributed by atoms with E-state index in [1.54, 1.807) is 6.92 Å². The summed E-state index contributed by atoms with van der Waals surface area (Å²) in [7, 11) is 0. The quantitative estimate of drug-likeness (QED) is 0.467. The molecule has 0 amide bonds. The van der Waals surface area contributed by atoms with Crippen LogP contribution in [-0.4, -0.2) is 12.6 Å². The van der Waals surface area contributed by atoms with Crippen molar-refractivity contribution in [3.8, 4) is 5.75 Å². The average molecular weight is 392 g/mol. The van der Waals surface area contributed by atoms with Crippen LogP contribution >= 0.6 is 0 Å². The first-order valence-electron chi connectivity index (χ1n) is 10.1. The van der Waals surface area contributed by atoms with Crippen molar-refractivity contribution in [2.45, 2.75) is 45.6 Å². The van der Waals surface area contributed by atoms with Crippen molar-refractivity contribution in [2.24, 2.45) is 0 Å². The van der Waals surface area contributed by atoms with Crippen LogP contribution in [0.2, 0.25) is 0 Å². The van der Waals surface area contributed by atoms with Crippen molar-refractivity contribution in [3.63, 3.8) is 0 Å². The Balaban J connectivity index is 1.79. The number of fused-ring (bicyclic) bond motifs is 3. The second-order valence-electron chi connectivity index (χ2n) is 7.33. The van der Waals surface area contributed by atoms with Crippen LogP contribution in [0.1, 0.15) is 48.1 Å². The standard InChI is InChI=1S/C24H24O5/c1-3-27-24(26)22(16-9-5-4-6-10-16)28-20-14-19-17-11-7-8-12-18(17)23(25)29-21(19)13-15(20)2/h4-6,9-10,13-14,22H,3,7-8,11-12H2,1-2H3/t22-/m1/s1. The predicted molar refractivity (Wildman–Crippen MR) is 110 cm³/mol. The molecule has 1 aliphatic carbocycles. The van der Waals surface area contributed by atoms with Gasteiger partial charge in [-0.2, -0.15) is 0 Å². The molecule has 1 aliphatic rings. The Bertz CT molecular complexity index is 1100. The van der Waals surface area contributed by atoms with Crippen LogP contribution in [0.25, 0.3) is 11.0 Å². The fraction of sp³-hybridized carbons (Fsp3) is 0.333. The highest BCUT2D eigenvalue weighted by Crippen LogP contribution is 2.34. The summed E-state index contributed by atoms with van der Waals surface area (Å²) in [6.07, 6.45) is 2.77. The van der Waals surface area contributed by atoms with Crippen molar-refractivity contribution < 1.29 is 18.7 Å². The summed E-state index contributed by atoms with van der Waals surface area (Å²) in [5.41, 5.74) is 3.65. The van der Waals surface area contributed by atoms with Crippen LogP contribution in [0.4, 0.5) is 0 Å². The van der Waals surface area contributed by atoms with Crippen molar-refractivity contribution >= 4 is 16.9 Å². The van der Waals surface area contributed by atoms with Crippen LogP contribution in [0.5, 0.6) is 5.75 Å². The van der Waals surface area contributed by atoms with Crippen LogP contribution in [-0.2, 0) is 22.4 Å². The second kappa shape index (κ2) is 8.11. The number of carbonyl (C=O) groups excluding carboxylic acids is 1. The fourth-order valence-corrected chi connectivity index (χ4v) is 3.92. The Kier molecular flexibility index (Phi) is 5.38. The van der Waals surface area contributed by atoms with E-state index in [-0.39, 0.29) is 12.2 Å². The molecule has 1 atom stereocenters. The zero-order valence-electron chi connectivity index (χ0n) is 16.7. The molecule has 5 heteroatoms. The van der Waals surface area contributed by atoms with Gasteiger partial charge in [0.1, 0.15) is 11.3 Å². The number of benzene rings is 2. The van der Waals surface area contributed by atoms with Crippen LogP contribution in [0.3, 0.4) is 0 Å². The molecule has 1 heterocycles. The summed E-state index contributed by atoms with van der Waals surface area (Å²) in [5.74, 6) is 0.154. The van der Waals surface area contributed by atoms with Crippen LogP contribution in [0.15, 0.2) is 51.7 Å². The van der Waals surface area contributed by atoms with Gasteiger partial charge in [0.15, 0.2) is 0 Å². The highest BCUT2D eigenvalue weighted by Gasteiger charge is 2.26. The van der Waals surface area contributed by atoms with E-state index in [9.17, 15) is 9.59 Å². The molecule has 5 nitrogen and oxygen atoms in total. The Morgan fingerprint density at radius 2 is 1.83 bits per heavy atom. The monoisotopic (exact) mass is 392 g/mol. The maximum Gasteiger partial charge on any atom is 0.352 e. The normalized spacial score (nSPS) is 14.3. The lowest BCUT2D eigenvalue weighted by Crippen LogP contribution is -2.22. The number of esters is 1. The molecule has 29 heavy (non-hydrogen) atoms. The van der Waals surface area contributed by atoms with E-state index >= 15 is 0 Å². The zero-order valence-corrected chi connectivity index (χ0v) is 16.7. The molecule has 2 aromatic carbocycles. The molecule has 1 aromatic heterocycles. The topological polar surface area (TPSA) is 65.7 Å². The molecule has 0 fully saturated rings. The molecule has 0 saturated heterocycles. The fourth-order valence-electron chi connectivity index (χ4n) is 3.92. The van der Waals surface area contributed by atoms with Crippen molar-refractivity contribution in [3.05, 3.63) is 75.1 Å². The summed E-state index contributed by atoms with van der Waals surface area (Å²) in [4.78, 5) is 24.9. The molecule has 4 rings (SSSR count). The Morgan fingerprint density at radius 3 is 2.55 bits per heavy atom. The smallest absolute Gasteiger partial charge is 0.352 e. The van der Waals surface area contributed by atoms with Crippen molar-refractivity contribution in [2.75, 3.05) is 6.61 Å². The van der Waals surface area contributed by atoms with Crippen molar-refractivity contribution in [1.82, 2.24) is 0 Å². The Morgan fingerprint density at radius 1 is 1.10 bits per heavy atom. The third-order valence-corrected chi connectivity index (χ3v) is 5.37. The highest BCUT2D eigenvalue weighted by atomic mass is 16.6. The molecule has 0 aliphatic heterocycles. The minimum Gasteiger partial charge on any atom is -0.474 e. The first-order chi connectivity index (χ1) is 14.1. The predicted octanol–water partition coefficient (Wildman–Crippen LogP) is 4.66. The maximum absolute atomic E-state index is 12.6. The van der Waals surface area contributed by atoms with E-state index in [1.807, 2.05) is 49.4 Å². The molecule has 3 aromatic rings. The van der Waals surface area contributed by atoms with E-state index in [4.69, 9.17) is 13.9 Å². The number of ether oxygens (including phenoxy) is 2. The maximum atomic E-state index is 12.6. The van der Waals surface area contributed by atoms with Gasteiger partial charge in [-0.05, 0) is 62.8 Å². The first-order valence-corrected chi connectivity index (χ1v) is 10.1. The lowest BCUT2D eigenvalue weighted by atomic mass is 9.90. The van der Waals surface area contributed by atoms with Gasteiger partial charge < -0.3 is 13.9 Å². The zero-order chi connectivity index (χ0) is 20.4. The van der Waals surface area contributed by atoms with Gasteiger partial charge in [0.05, 0.1) is 6.61 Å². The van der Waals surface area contributed by atoms with Gasteiger partial charge in [-0.1, -0.05) is 30.3 Å². The average Bonchev–Trinajstić information content (AvgIpc) is 2.73. The number of rotatable bonds is 5. The summed E-state index contributed by atoms with van der Waals surface area (Å²) in [5, 5.41) is 0.885. The Hall–Kier alpha value is -3.08. The van der Waals surface area contributed by atoms with Gasteiger partial charge in [0.2, 0.25) is 6.10 Å². The number of carbonyl (C=O) groups is 1. The van der Waals surface area contributed by atoms with Gasteiger partial charge in [-0.25, -0.2) is 9.59 Å². The minimum atomic E-state index is -0.862. The van der Waals surface area contributed by atoms with E-state index in [0.29, 0.717) is 11.3 Å². The van der Waals surface area contributed by atoms with Gasteiger partial charge >= 0.3 is 11.6 Å². The first kappa shape index (κ1) is 19.2. The molecule has 0 spiro atoms. The minimum absolute atomic E-state index is 0.242. The molecule has 150 valence electrons. The van der Waals surface area contributed by atoms with E-state index in [0.717, 1.165) is 53.3 Å². The molecule has 0 saturated carbocycles. The Labute approximate surface area is 169 Å². The summed E-state index contributed by atoms with van der Waals surface area (Å²) in [6.45, 7) is 3.93. The summed E-state index contributed by atoms with van der Waals surface area (Å²) in [6, 6.07) is 13.0. The second-order valence-corrected chi connectivity index (χ2v) is 7.33. The summed E-state index contributed by atoms with van der Waals surface area (Å²) >= 11 is 0. The van der Waals surface area contributed by atoms with Gasteiger partial charge in [0, 0.05) is 16.5 Å². The molecule has 0 radical (unpaired) electrons. The number of hydrogen-bond acceptors (Lipinski definition) is 5. The molecular formula is C24H24O5. The third kappa shape index (κ3) is 3.77. The van der Waals surface area contributed by atoms with Crippen molar-refractivity contribution in [1.29, 1.82) is 0 Å². The third-order valence-electron chi connectivity index (χ3n) is 5.37. The van der Waals surface area contributed by atoms with E-state index < -0.39 is 12.1 Å². The lowest BCUT2D eigenvalue weighted by Gasteiger charge is -2.21. The van der Waals surface area contributed by atoms with E-state index in [1.165, 1.54) is 0 Å². The van der Waals surface area contributed by atoms with E-state index in [2.05, 4.69) is 0 Å². The number of aryl methyl sites for hydroxylation is 2. The van der Waals surface area contributed by atoms with Gasteiger partial charge in [-0.15, -0.1) is 0 Å². The van der Waals surface area contributed by atoms with Gasteiger partial charge in [0.25, 0.3) is 0 Å². The highest BCUT2D eigenvalue weighted by molar-refractivity contribution is 5.84. The number of hydrogen-bond donors (Lipinski definition) is 0. The molecule has 0 bridgehead atoms. The molecular weight excluding hydrogens is 368 g/mol. The SMILES string of the molecule is CCOC(=O)[C@H](Oc1cc2c3c(c(=O)oc2cc1C)CCCC3)c1ccccc1. The molecule has 0 unspecified atom stereocenters. The lowest BCUT2D eigenvalue weighted by molar-refractivity contribution is -0.151. The van der Waals surface area contributed by atoms with Gasteiger partial charge in [-0.3, -0.25) is 0 Å². The summed E-state index contributed by atoms with van der Waals surface area (Å²) < 4.78 is 17.0. The van der Waals surface area contributed by atoms with Crippen LogP contribution in [0, 0.1) is 6.92 Å².